The zero-order chi connectivity index (χ0) is 13.4. The number of hydrogen-bond donors (Lipinski definition) is 0. The third-order valence-corrected chi connectivity index (χ3v) is 3.81. The maximum Gasteiger partial charge on any atom is 0.0834 e. The molecular weight excluding hydrogens is 248 g/mol. The monoisotopic (exact) mass is 270 g/mol. The third-order valence-electron chi connectivity index (χ3n) is 2.89. The molecule has 0 saturated heterocycles. The molecule has 0 N–H and O–H groups in total. The van der Waals surface area contributed by atoms with Gasteiger partial charge in [0.2, 0.25) is 0 Å². The van der Waals surface area contributed by atoms with Gasteiger partial charge in [-0.3, -0.25) is 0 Å². The summed E-state index contributed by atoms with van der Waals surface area (Å²) in [6.07, 6.45) is 1.14. The molecule has 4 heteroatoms. The van der Waals surface area contributed by atoms with E-state index in [9.17, 15) is 0 Å². The van der Waals surface area contributed by atoms with Crippen LogP contribution in [0, 0.1) is 14.4 Å². The molecule has 0 fully saturated rings. The first-order chi connectivity index (χ1) is 7.65. The number of rotatable bonds is 4. The van der Waals surface area contributed by atoms with Crippen LogP contribution in [0.4, 0.5) is 11.4 Å². The first kappa shape index (κ1) is 14.6. The standard InChI is InChI=1S/C13H22N2S2/c1-13(2,3)7-8-15(6)10-9(14(4)5)11(16)12(10)17/h7-8H2,1-6H3. The molecule has 0 aliphatic carbocycles. The van der Waals surface area contributed by atoms with Crippen LogP contribution in [0.3, 0.4) is 0 Å². The summed E-state index contributed by atoms with van der Waals surface area (Å²) in [5.41, 5.74) is 2.60. The van der Waals surface area contributed by atoms with E-state index in [1.807, 2.05) is 14.1 Å². The van der Waals surface area contributed by atoms with E-state index in [0.29, 0.717) is 5.41 Å². The predicted octanol–water partition coefficient (Wildman–Crippen LogP) is 3.96. The lowest BCUT2D eigenvalue weighted by atomic mass is 9.92. The lowest BCUT2D eigenvalue weighted by Gasteiger charge is -2.31. The first-order valence-electron chi connectivity index (χ1n) is 5.87. The molecule has 0 spiro atoms. The van der Waals surface area contributed by atoms with Gasteiger partial charge >= 0.3 is 0 Å². The molecule has 0 heterocycles. The number of anilines is 2. The summed E-state index contributed by atoms with van der Waals surface area (Å²) in [7, 11) is 6.13. The van der Waals surface area contributed by atoms with E-state index >= 15 is 0 Å². The van der Waals surface area contributed by atoms with Gasteiger partial charge in [-0.05, 0) is 11.8 Å². The second kappa shape index (κ2) is 5.02. The molecule has 0 radical (unpaired) electrons. The molecule has 1 rings (SSSR count). The fourth-order valence-corrected chi connectivity index (χ4v) is 2.48. The molecule has 0 saturated carbocycles. The molecular formula is C13H22N2S2. The molecule has 17 heavy (non-hydrogen) atoms. The maximum absolute atomic E-state index is 5.34. The fraction of sp³-hybridized carbons (Fsp3) is 0.692. The average molecular weight is 270 g/mol. The Morgan fingerprint density at radius 1 is 0.941 bits per heavy atom. The summed E-state index contributed by atoms with van der Waals surface area (Å²) in [5.74, 6) is 0. The van der Waals surface area contributed by atoms with Crippen LogP contribution in [0.2, 0.25) is 0 Å². The van der Waals surface area contributed by atoms with Crippen molar-refractivity contribution in [2.75, 3.05) is 37.5 Å². The minimum Gasteiger partial charge on any atom is -0.375 e. The quantitative estimate of drug-likeness (QED) is 0.764. The molecule has 0 aromatic heterocycles. The van der Waals surface area contributed by atoms with Crippen molar-refractivity contribution in [3.63, 3.8) is 0 Å². The van der Waals surface area contributed by atoms with E-state index < -0.39 is 0 Å². The van der Waals surface area contributed by atoms with E-state index in [1.165, 1.54) is 0 Å². The Morgan fingerprint density at radius 3 is 1.82 bits per heavy atom. The summed E-state index contributed by atoms with van der Waals surface area (Å²) >= 11 is 10.6. The van der Waals surface area contributed by atoms with Crippen LogP contribution in [-0.2, 0) is 0 Å². The minimum absolute atomic E-state index is 0.346. The topological polar surface area (TPSA) is 6.48 Å². The van der Waals surface area contributed by atoms with E-state index in [1.54, 1.807) is 0 Å². The van der Waals surface area contributed by atoms with Crippen molar-refractivity contribution in [3.8, 4) is 0 Å². The highest BCUT2D eigenvalue weighted by molar-refractivity contribution is 7.74. The van der Waals surface area contributed by atoms with E-state index in [2.05, 4.69) is 37.6 Å². The molecule has 1 aromatic rings. The van der Waals surface area contributed by atoms with Crippen LogP contribution in [0.5, 0.6) is 0 Å². The Hall–Kier alpha value is -0.480. The lowest BCUT2D eigenvalue weighted by Crippen LogP contribution is -2.27. The van der Waals surface area contributed by atoms with Gasteiger partial charge in [-0.25, -0.2) is 0 Å². The minimum atomic E-state index is 0.346. The van der Waals surface area contributed by atoms with Gasteiger partial charge in [0.25, 0.3) is 0 Å². The van der Waals surface area contributed by atoms with Crippen molar-refractivity contribution < 1.29 is 0 Å². The number of nitrogens with zero attached hydrogens (tertiary/aromatic N) is 2. The molecule has 1 aromatic carbocycles. The summed E-state index contributed by atoms with van der Waals surface area (Å²) < 4.78 is 1.68. The van der Waals surface area contributed by atoms with Gasteiger partial charge in [-0.1, -0.05) is 45.2 Å². The summed E-state index contributed by atoms with van der Waals surface area (Å²) in [5, 5.41) is 0. The summed E-state index contributed by atoms with van der Waals surface area (Å²) in [6.45, 7) is 7.78. The molecule has 96 valence electrons. The highest BCUT2D eigenvalue weighted by Gasteiger charge is 2.21. The van der Waals surface area contributed by atoms with Crippen LogP contribution in [0.25, 0.3) is 0 Å². The zero-order valence-corrected chi connectivity index (χ0v) is 13.3. The Labute approximate surface area is 115 Å². The van der Waals surface area contributed by atoms with Gasteiger partial charge in [0, 0.05) is 27.7 Å². The molecule has 0 bridgehead atoms. The number of hydrogen-bond acceptors (Lipinski definition) is 4. The van der Waals surface area contributed by atoms with Crippen molar-refractivity contribution >= 4 is 35.8 Å². The van der Waals surface area contributed by atoms with Crippen molar-refractivity contribution in [1.29, 1.82) is 0 Å². The molecule has 2 nitrogen and oxygen atoms in total. The predicted molar refractivity (Wildman–Crippen MR) is 82.2 cm³/mol. The average Bonchev–Trinajstić information content (AvgIpc) is 2.19. The Kier molecular flexibility index (Phi) is 4.31. The van der Waals surface area contributed by atoms with E-state index in [0.717, 1.165) is 33.4 Å². The van der Waals surface area contributed by atoms with E-state index in [4.69, 9.17) is 24.4 Å². The normalized spacial score (nSPS) is 11.9. The van der Waals surface area contributed by atoms with Crippen LogP contribution in [-0.4, -0.2) is 27.7 Å². The smallest absolute Gasteiger partial charge is 0.0834 e. The first-order valence-corrected chi connectivity index (χ1v) is 6.68. The van der Waals surface area contributed by atoms with Crippen molar-refractivity contribution in [3.05, 3.63) is 9.02 Å². The van der Waals surface area contributed by atoms with Crippen molar-refractivity contribution in [1.82, 2.24) is 0 Å². The summed E-state index contributed by atoms with van der Waals surface area (Å²) in [4.78, 5) is 4.29. The van der Waals surface area contributed by atoms with E-state index in [-0.39, 0.29) is 0 Å². The van der Waals surface area contributed by atoms with Crippen LogP contribution >= 0.6 is 24.4 Å². The van der Waals surface area contributed by atoms with Crippen LogP contribution in [0.15, 0.2) is 0 Å². The molecule has 0 unspecified atom stereocenters. The summed E-state index contributed by atoms with van der Waals surface area (Å²) in [6, 6.07) is 0. The second-order valence-corrected chi connectivity index (χ2v) is 6.80. The zero-order valence-electron chi connectivity index (χ0n) is 11.6. The maximum atomic E-state index is 5.34. The van der Waals surface area contributed by atoms with Gasteiger partial charge in [-0.15, -0.1) is 0 Å². The lowest BCUT2D eigenvalue weighted by molar-refractivity contribution is 0.381. The largest absolute Gasteiger partial charge is 0.375 e. The highest BCUT2D eigenvalue weighted by Crippen LogP contribution is 2.37. The van der Waals surface area contributed by atoms with Gasteiger partial charge < -0.3 is 9.80 Å². The Morgan fingerprint density at radius 2 is 1.41 bits per heavy atom. The molecule has 0 amide bonds. The second-order valence-electron chi connectivity index (χ2n) is 5.98. The van der Waals surface area contributed by atoms with Crippen molar-refractivity contribution in [2.45, 2.75) is 27.2 Å². The van der Waals surface area contributed by atoms with Gasteiger partial charge in [0.05, 0.1) is 20.4 Å². The Bertz CT molecular complexity index is 462. The van der Waals surface area contributed by atoms with Gasteiger partial charge in [-0.2, -0.15) is 0 Å². The molecule has 0 atom stereocenters. The highest BCUT2D eigenvalue weighted by atomic mass is 32.1. The molecule has 0 aliphatic heterocycles. The fourth-order valence-electron chi connectivity index (χ4n) is 1.75. The third kappa shape index (κ3) is 3.26. The Balaban J connectivity index is 2.84. The van der Waals surface area contributed by atoms with Crippen LogP contribution < -0.4 is 9.80 Å². The van der Waals surface area contributed by atoms with Crippen LogP contribution in [0.1, 0.15) is 27.2 Å². The SMILES string of the molecule is CN(C)c1c(N(C)CCC(C)(C)C)c(=S)c1=S. The van der Waals surface area contributed by atoms with Crippen molar-refractivity contribution in [2.24, 2.45) is 5.41 Å². The van der Waals surface area contributed by atoms with Gasteiger partial charge in [0.15, 0.2) is 0 Å². The van der Waals surface area contributed by atoms with Gasteiger partial charge in [0.1, 0.15) is 0 Å². The molecule has 0 aliphatic rings.